The van der Waals surface area contributed by atoms with Gasteiger partial charge in [-0.2, -0.15) is 4.39 Å². The first-order valence-corrected chi connectivity index (χ1v) is 7.93. The molecule has 0 aromatic heterocycles. The number of hydrogen-bond acceptors (Lipinski definition) is 5. The van der Waals surface area contributed by atoms with E-state index >= 15 is 0 Å². The van der Waals surface area contributed by atoms with Gasteiger partial charge in [-0.15, -0.1) is 0 Å². The van der Waals surface area contributed by atoms with Gasteiger partial charge in [0, 0.05) is 19.6 Å². The Labute approximate surface area is 154 Å². The number of nitro groups is 1. The number of amides is 2. The maximum Gasteiger partial charge on any atom is 0.305 e. The highest BCUT2D eigenvalue weighted by Crippen LogP contribution is 2.20. The van der Waals surface area contributed by atoms with Gasteiger partial charge in [0.15, 0.2) is 6.10 Å². The van der Waals surface area contributed by atoms with Gasteiger partial charge in [-0.25, -0.2) is 0 Å². The van der Waals surface area contributed by atoms with Gasteiger partial charge in [0.25, 0.3) is 5.91 Å². The molecule has 2 atom stereocenters. The molecule has 2 aromatic rings. The molecule has 0 fully saturated rings. The van der Waals surface area contributed by atoms with Crippen molar-refractivity contribution in [3.05, 3.63) is 75.6 Å². The van der Waals surface area contributed by atoms with Crippen molar-refractivity contribution in [3.63, 3.8) is 0 Å². The van der Waals surface area contributed by atoms with E-state index in [0.717, 1.165) is 12.1 Å². The number of nitrogens with zero attached hydrogens (tertiary/aromatic N) is 1. The molecule has 3 N–H and O–H groups in total. The van der Waals surface area contributed by atoms with Crippen molar-refractivity contribution >= 4 is 17.5 Å². The molecule has 0 aliphatic heterocycles. The van der Waals surface area contributed by atoms with Crippen molar-refractivity contribution in [2.45, 2.75) is 18.6 Å². The van der Waals surface area contributed by atoms with Crippen LogP contribution in [0.15, 0.2) is 48.5 Å². The van der Waals surface area contributed by atoms with Crippen LogP contribution >= 0.6 is 0 Å². The van der Waals surface area contributed by atoms with Crippen LogP contribution in [-0.2, 0) is 20.7 Å². The van der Waals surface area contributed by atoms with Gasteiger partial charge in [0.2, 0.25) is 11.7 Å². The van der Waals surface area contributed by atoms with Crippen LogP contribution in [0.5, 0.6) is 0 Å². The van der Waals surface area contributed by atoms with Crippen molar-refractivity contribution in [2.75, 3.05) is 7.11 Å². The number of methoxy groups -OCH3 is 1. The van der Waals surface area contributed by atoms with Crippen molar-refractivity contribution in [1.29, 1.82) is 0 Å². The minimum absolute atomic E-state index is 0.132. The van der Waals surface area contributed by atoms with E-state index in [2.05, 4.69) is 5.32 Å². The molecule has 0 radical (unpaired) electrons. The molecule has 2 rings (SSSR count). The van der Waals surface area contributed by atoms with E-state index in [-0.39, 0.29) is 12.0 Å². The Morgan fingerprint density at radius 3 is 2.48 bits per heavy atom. The summed E-state index contributed by atoms with van der Waals surface area (Å²) in [5.74, 6) is -2.42. The minimum Gasteiger partial charge on any atom is -0.368 e. The summed E-state index contributed by atoms with van der Waals surface area (Å²) in [6.45, 7) is 0. The van der Waals surface area contributed by atoms with Crippen LogP contribution in [0.4, 0.5) is 10.1 Å². The van der Waals surface area contributed by atoms with Crippen molar-refractivity contribution in [2.24, 2.45) is 5.73 Å². The summed E-state index contributed by atoms with van der Waals surface area (Å²) in [5, 5.41) is 13.3. The second-order valence-corrected chi connectivity index (χ2v) is 5.74. The van der Waals surface area contributed by atoms with Gasteiger partial charge in [0.1, 0.15) is 6.04 Å². The van der Waals surface area contributed by atoms with Gasteiger partial charge in [-0.1, -0.05) is 36.4 Å². The van der Waals surface area contributed by atoms with E-state index < -0.39 is 40.4 Å². The Morgan fingerprint density at radius 1 is 1.26 bits per heavy atom. The zero-order chi connectivity index (χ0) is 20.0. The van der Waals surface area contributed by atoms with Crippen molar-refractivity contribution in [3.8, 4) is 0 Å². The van der Waals surface area contributed by atoms with Crippen molar-refractivity contribution in [1.82, 2.24) is 5.32 Å². The second-order valence-electron chi connectivity index (χ2n) is 5.74. The first kappa shape index (κ1) is 20.0. The first-order chi connectivity index (χ1) is 12.8. The molecule has 0 saturated heterocycles. The maximum atomic E-state index is 13.4. The summed E-state index contributed by atoms with van der Waals surface area (Å²) in [4.78, 5) is 34.2. The molecule has 0 bridgehead atoms. The topological polar surface area (TPSA) is 125 Å². The molecule has 0 spiro atoms. The van der Waals surface area contributed by atoms with Crippen LogP contribution < -0.4 is 11.1 Å². The van der Waals surface area contributed by atoms with E-state index in [4.69, 9.17) is 10.5 Å². The number of carbonyl (C=O) groups is 2. The first-order valence-electron chi connectivity index (χ1n) is 7.93. The van der Waals surface area contributed by atoms with Crippen LogP contribution in [0.2, 0.25) is 0 Å². The number of nitro benzene ring substituents is 1. The molecule has 0 aliphatic carbocycles. The fourth-order valence-electron chi connectivity index (χ4n) is 2.55. The van der Waals surface area contributed by atoms with Gasteiger partial charge in [0.05, 0.1) is 4.92 Å². The average molecular weight is 375 g/mol. The third-order valence-electron chi connectivity index (χ3n) is 3.88. The number of carbonyl (C=O) groups excluding carboxylic acids is 2. The lowest BCUT2D eigenvalue weighted by atomic mass is 10.0. The molecule has 142 valence electrons. The number of rotatable bonds is 8. The summed E-state index contributed by atoms with van der Waals surface area (Å²) in [6, 6.07) is 10.7. The fraction of sp³-hybridized carbons (Fsp3) is 0.222. The summed E-state index contributed by atoms with van der Waals surface area (Å²) in [7, 11) is 1.35. The Hall–Kier alpha value is -3.33. The molecule has 2 aromatic carbocycles. The van der Waals surface area contributed by atoms with Gasteiger partial charge < -0.3 is 15.8 Å². The van der Waals surface area contributed by atoms with Crippen LogP contribution in [0.1, 0.15) is 17.2 Å². The zero-order valence-electron chi connectivity index (χ0n) is 14.4. The minimum atomic E-state index is -1.15. The number of primary amides is 1. The lowest BCUT2D eigenvalue weighted by Crippen LogP contribution is -2.47. The molecule has 0 aliphatic rings. The molecular formula is C18H18FN3O5. The van der Waals surface area contributed by atoms with E-state index in [9.17, 15) is 24.1 Å². The normalized spacial score (nSPS) is 12.8. The molecule has 0 saturated carbocycles. The Bertz CT molecular complexity index is 844. The SMILES string of the molecule is CO[C@@H](C(=O)N[C@@H](Cc1ccc(F)c([N+](=O)[O-])c1)C(N)=O)c1ccccc1. The number of hydrogen-bond donors (Lipinski definition) is 2. The van der Waals surface area contributed by atoms with E-state index in [0.29, 0.717) is 5.56 Å². The quantitative estimate of drug-likeness (QED) is 0.536. The summed E-state index contributed by atoms with van der Waals surface area (Å²) >= 11 is 0. The van der Waals surface area contributed by atoms with Crippen molar-refractivity contribution < 1.29 is 23.6 Å². The molecule has 8 nitrogen and oxygen atoms in total. The van der Waals surface area contributed by atoms with Crippen LogP contribution in [-0.4, -0.2) is 29.9 Å². The molecule has 0 heterocycles. The third-order valence-corrected chi connectivity index (χ3v) is 3.88. The fourth-order valence-corrected chi connectivity index (χ4v) is 2.55. The largest absolute Gasteiger partial charge is 0.368 e. The molecule has 27 heavy (non-hydrogen) atoms. The summed E-state index contributed by atoms with van der Waals surface area (Å²) in [6.07, 6.45) is -1.09. The van der Waals surface area contributed by atoms with Crippen LogP contribution in [0.25, 0.3) is 0 Å². The standard InChI is InChI=1S/C18H18FN3O5/c1-27-16(12-5-3-2-4-6-12)18(24)21-14(17(20)23)9-11-7-8-13(19)15(10-11)22(25)26/h2-8,10,14,16H,9H2,1H3,(H2,20,23)(H,21,24)/t14-,16+/m0/s1. The molecule has 0 unspecified atom stereocenters. The zero-order valence-corrected chi connectivity index (χ0v) is 14.4. The van der Waals surface area contributed by atoms with E-state index in [1.165, 1.54) is 13.2 Å². The van der Waals surface area contributed by atoms with Crippen LogP contribution in [0.3, 0.4) is 0 Å². The Balaban J connectivity index is 2.18. The monoisotopic (exact) mass is 375 g/mol. The maximum absolute atomic E-state index is 13.4. The average Bonchev–Trinajstić information content (AvgIpc) is 2.63. The summed E-state index contributed by atoms with van der Waals surface area (Å²) < 4.78 is 18.6. The van der Waals surface area contributed by atoms with E-state index in [1.807, 2.05) is 0 Å². The second kappa shape index (κ2) is 8.86. The summed E-state index contributed by atoms with van der Waals surface area (Å²) in [5.41, 5.74) is 5.48. The molecule has 2 amide bonds. The van der Waals surface area contributed by atoms with Gasteiger partial charge >= 0.3 is 5.69 Å². The Morgan fingerprint density at radius 2 is 1.93 bits per heavy atom. The highest BCUT2D eigenvalue weighted by molar-refractivity contribution is 5.89. The predicted molar refractivity (Wildman–Crippen MR) is 94.1 cm³/mol. The highest BCUT2D eigenvalue weighted by Gasteiger charge is 2.26. The number of halogens is 1. The van der Waals surface area contributed by atoms with Crippen LogP contribution in [0, 0.1) is 15.9 Å². The third kappa shape index (κ3) is 5.08. The number of nitrogens with two attached hydrogens (primary N) is 1. The molecular weight excluding hydrogens is 357 g/mol. The number of nitrogens with one attached hydrogen (secondary N) is 1. The number of benzene rings is 2. The number of ether oxygens (including phenoxy) is 1. The Kier molecular flexibility index (Phi) is 6.56. The smallest absolute Gasteiger partial charge is 0.305 e. The lowest BCUT2D eigenvalue weighted by molar-refractivity contribution is -0.387. The lowest BCUT2D eigenvalue weighted by Gasteiger charge is -2.20. The molecule has 9 heteroatoms. The van der Waals surface area contributed by atoms with Gasteiger partial charge in [-0.05, 0) is 17.2 Å². The highest BCUT2D eigenvalue weighted by atomic mass is 19.1. The predicted octanol–water partition coefficient (Wildman–Crippen LogP) is 1.63. The van der Waals surface area contributed by atoms with E-state index in [1.54, 1.807) is 30.3 Å². The van der Waals surface area contributed by atoms with Gasteiger partial charge in [-0.3, -0.25) is 19.7 Å².